The summed E-state index contributed by atoms with van der Waals surface area (Å²) in [5, 5.41) is 9.22. The molecule has 96 valence electrons. The van der Waals surface area contributed by atoms with Gasteiger partial charge in [-0.1, -0.05) is 0 Å². The summed E-state index contributed by atoms with van der Waals surface area (Å²) in [6.07, 6.45) is 1.75. The van der Waals surface area contributed by atoms with Crippen molar-refractivity contribution >= 4 is 0 Å². The number of hydrogen-bond donors (Lipinski definition) is 1. The van der Waals surface area contributed by atoms with Crippen molar-refractivity contribution in [2.24, 2.45) is 11.1 Å². The van der Waals surface area contributed by atoms with Crippen LogP contribution < -0.4 is 15.2 Å². The highest BCUT2D eigenvalue weighted by molar-refractivity contribution is 5.49. The predicted molar refractivity (Wildman–Crippen MR) is 68.5 cm³/mol. The molecule has 1 aromatic rings. The average Bonchev–Trinajstić information content (AvgIpc) is 3.18. The van der Waals surface area contributed by atoms with Crippen LogP contribution in [0.15, 0.2) is 12.1 Å². The molecule has 1 atom stereocenters. The van der Waals surface area contributed by atoms with Crippen LogP contribution in [0.5, 0.6) is 11.5 Å². The molecule has 1 aliphatic rings. The molecule has 1 aromatic carbocycles. The Hall–Kier alpha value is -1.73. The molecule has 1 aliphatic carbocycles. The zero-order valence-electron chi connectivity index (χ0n) is 11.0. The fourth-order valence-corrected chi connectivity index (χ4v) is 2.26. The van der Waals surface area contributed by atoms with Gasteiger partial charge in [-0.05, 0) is 43.0 Å². The van der Waals surface area contributed by atoms with Crippen LogP contribution in [-0.4, -0.2) is 14.2 Å². The minimum Gasteiger partial charge on any atom is -0.493 e. The highest BCUT2D eigenvalue weighted by Crippen LogP contribution is 2.54. The standard InChI is InChI=1S/C14H18N2O2/c1-9-6-11(17-2)12(18-3)7-10(9)13(16)14(8-15)4-5-14/h6-7,13H,4-5,16H2,1-3H3. The maximum atomic E-state index is 9.22. The minimum absolute atomic E-state index is 0.262. The van der Waals surface area contributed by atoms with E-state index in [4.69, 9.17) is 15.2 Å². The fourth-order valence-electron chi connectivity index (χ4n) is 2.26. The van der Waals surface area contributed by atoms with Gasteiger partial charge >= 0.3 is 0 Å². The topological polar surface area (TPSA) is 68.3 Å². The third-order valence-electron chi connectivity index (χ3n) is 3.71. The van der Waals surface area contributed by atoms with E-state index in [0.717, 1.165) is 24.0 Å². The van der Waals surface area contributed by atoms with Gasteiger partial charge in [0.2, 0.25) is 0 Å². The van der Waals surface area contributed by atoms with Crippen LogP contribution >= 0.6 is 0 Å². The largest absolute Gasteiger partial charge is 0.493 e. The molecule has 0 saturated heterocycles. The van der Waals surface area contributed by atoms with Crippen molar-refractivity contribution in [2.75, 3.05) is 14.2 Å². The second-order valence-electron chi connectivity index (χ2n) is 4.81. The number of nitrogens with two attached hydrogens (primary N) is 1. The third-order valence-corrected chi connectivity index (χ3v) is 3.71. The van der Waals surface area contributed by atoms with Crippen molar-refractivity contribution in [1.82, 2.24) is 0 Å². The Balaban J connectivity index is 2.43. The summed E-state index contributed by atoms with van der Waals surface area (Å²) in [4.78, 5) is 0. The van der Waals surface area contributed by atoms with E-state index in [0.29, 0.717) is 11.5 Å². The zero-order valence-corrected chi connectivity index (χ0v) is 11.0. The van der Waals surface area contributed by atoms with Gasteiger partial charge < -0.3 is 15.2 Å². The number of ether oxygens (including phenoxy) is 2. The first kappa shape index (κ1) is 12.7. The number of rotatable bonds is 4. The number of methoxy groups -OCH3 is 2. The van der Waals surface area contributed by atoms with Crippen LogP contribution in [0.1, 0.15) is 30.0 Å². The molecule has 0 spiro atoms. The summed E-state index contributed by atoms with van der Waals surface area (Å²) >= 11 is 0. The summed E-state index contributed by atoms with van der Waals surface area (Å²) in [6.45, 7) is 1.98. The van der Waals surface area contributed by atoms with Crippen LogP contribution in [0.2, 0.25) is 0 Å². The SMILES string of the molecule is COc1cc(C)c(C(N)C2(C#N)CC2)cc1OC. The molecule has 4 heteroatoms. The fraction of sp³-hybridized carbons (Fsp3) is 0.500. The summed E-state index contributed by atoms with van der Waals surface area (Å²) in [5.41, 5.74) is 7.85. The highest BCUT2D eigenvalue weighted by atomic mass is 16.5. The lowest BCUT2D eigenvalue weighted by Crippen LogP contribution is -2.22. The Morgan fingerprint density at radius 1 is 1.28 bits per heavy atom. The first-order valence-corrected chi connectivity index (χ1v) is 5.97. The molecule has 0 amide bonds. The Morgan fingerprint density at radius 2 is 1.83 bits per heavy atom. The minimum atomic E-state index is -0.385. The molecule has 1 fully saturated rings. The van der Waals surface area contributed by atoms with E-state index < -0.39 is 0 Å². The van der Waals surface area contributed by atoms with E-state index in [1.54, 1.807) is 14.2 Å². The van der Waals surface area contributed by atoms with Crippen LogP contribution in [0, 0.1) is 23.7 Å². The summed E-state index contributed by atoms with van der Waals surface area (Å²) in [7, 11) is 3.20. The first-order valence-electron chi connectivity index (χ1n) is 5.97. The van der Waals surface area contributed by atoms with Crippen molar-refractivity contribution < 1.29 is 9.47 Å². The van der Waals surface area contributed by atoms with Gasteiger partial charge in [0.25, 0.3) is 0 Å². The van der Waals surface area contributed by atoms with Gasteiger partial charge in [0.15, 0.2) is 11.5 Å². The zero-order chi connectivity index (χ0) is 13.3. The van der Waals surface area contributed by atoms with E-state index in [2.05, 4.69) is 6.07 Å². The van der Waals surface area contributed by atoms with E-state index in [1.807, 2.05) is 19.1 Å². The lowest BCUT2D eigenvalue weighted by molar-refractivity contribution is 0.353. The van der Waals surface area contributed by atoms with E-state index in [-0.39, 0.29) is 11.5 Å². The molecule has 0 radical (unpaired) electrons. The van der Waals surface area contributed by atoms with Crippen molar-refractivity contribution in [3.63, 3.8) is 0 Å². The Labute approximate surface area is 107 Å². The summed E-state index contributed by atoms with van der Waals surface area (Å²) in [6, 6.07) is 5.87. The number of aryl methyl sites for hydroxylation is 1. The van der Waals surface area contributed by atoms with Crippen LogP contribution in [0.25, 0.3) is 0 Å². The molecule has 1 unspecified atom stereocenters. The molecule has 0 aliphatic heterocycles. The highest BCUT2D eigenvalue weighted by Gasteiger charge is 2.49. The van der Waals surface area contributed by atoms with Crippen molar-refractivity contribution in [3.05, 3.63) is 23.3 Å². The molecule has 18 heavy (non-hydrogen) atoms. The molecule has 2 N–H and O–H groups in total. The predicted octanol–water partition coefficient (Wildman–Crippen LogP) is 2.32. The average molecular weight is 246 g/mol. The van der Waals surface area contributed by atoms with Crippen LogP contribution in [0.3, 0.4) is 0 Å². The number of hydrogen-bond acceptors (Lipinski definition) is 4. The Morgan fingerprint density at radius 3 is 2.28 bits per heavy atom. The normalized spacial score (nSPS) is 17.7. The Kier molecular flexibility index (Phi) is 3.18. The number of nitrogens with zero attached hydrogens (tertiary/aromatic N) is 1. The van der Waals surface area contributed by atoms with Gasteiger partial charge in [0, 0.05) is 6.04 Å². The molecule has 4 nitrogen and oxygen atoms in total. The molecule has 0 bridgehead atoms. The van der Waals surface area contributed by atoms with Crippen molar-refractivity contribution in [1.29, 1.82) is 5.26 Å². The molecule has 2 rings (SSSR count). The number of nitriles is 1. The second-order valence-corrected chi connectivity index (χ2v) is 4.81. The first-order chi connectivity index (χ1) is 8.57. The smallest absolute Gasteiger partial charge is 0.161 e. The van der Waals surface area contributed by atoms with E-state index >= 15 is 0 Å². The van der Waals surface area contributed by atoms with Crippen LogP contribution in [0.4, 0.5) is 0 Å². The van der Waals surface area contributed by atoms with Gasteiger partial charge in [0.05, 0.1) is 25.7 Å². The Bertz CT molecular complexity index is 501. The third kappa shape index (κ3) is 1.91. The van der Waals surface area contributed by atoms with E-state index in [9.17, 15) is 5.26 Å². The molecule has 1 saturated carbocycles. The van der Waals surface area contributed by atoms with Crippen LogP contribution in [-0.2, 0) is 0 Å². The molecular formula is C14H18N2O2. The van der Waals surface area contributed by atoms with Crippen molar-refractivity contribution in [3.8, 4) is 17.6 Å². The maximum Gasteiger partial charge on any atom is 0.161 e. The summed E-state index contributed by atoms with van der Waals surface area (Å²) < 4.78 is 10.5. The molecule has 0 heterocycles. The summed E-state index contributed by atoms with van der Waals surface area (Å²) in [5.74, 6) is 1.34. The van der Waals surface area contributed by atoms with Gasteiger partial charge in [0.1, 0.15) is 0 Å². The van der Waals surface area contributed by atoms with E-state index in [1.165, 1.54) is 0 Å². The second kappa shape index (κ2) is 4.51. The number of benzene rings is 1. The molecular weight excluding hydrogens is 228 g/mol. The lowest BCUT2D eigenvalue weighted by atomic mass is 9.89. The lowest BCUT2D eigenvalue weighted by Gasteiger charge is -2.21. The van der Waals surface area contributed by atoms with Gasteiger partial charge in [-0.15, -0.1) is 0 Å². The maximum absolute atomic E-state index is 9.22. The van der Waals surface area contributed by atoms with Crippen molar-refractivity contribution in [2.45, 2.75) is 25.8 Å². The van der Waals surface area contributed by atoms with Gasteiger partial charge in [-0.3, -0.25) is 0 Å². The van der Waals surface area contributed by atoms with Gasteiger partial charge in [-0.25, -0.2) is 0 Å². The van der Waals surface area contributed by atoms with Gasteiger partial charge in [-0.2, -0.15) is 5.26 Å². The monoisotopic (exact) mass is 246 g/mol. The molecule has 0 aromatic heterocycles. The quantitative estimate of drug-likeness (QED) is 0.885.